The summed E-state index contributed by atoms with van der Waals surface area (Å²) in [6, 6.07) is 20.5. The van der Waals surface area contributed by atoms with Gasteiger partial charge in [-0.25, -0.2) is 0 Å². The molecule has 1 fully saturated rings. The van der Waals surface area contributed by atoms with Crippen LogP contribution in [0.15, 0.2) is 72.3 Å². The molecule has 3 nitrogen and oxygen atoms in total. The van der Waals surface area contributed by atoms with E-state index >= 15 is 0 Å². The third-order valence-corrected chi connectivity index (χ3v) is 5.65. The highest BCUT2D eigenvalue weighted by atomic mass is 16.5. The SMILES string of the molecule is OCC1=CC[C@@H]2C[C@@H](OCc3ccccc3)[C@@H](OCc3ccccc3)[C@H]12. The molecule has 136 valence electrons. The van der Waals surface area contributed by atoms with Gasteiger partial charge >= 0.3 is 0 Å². The number of hydrogen-bond donors (Lipinski definition) is 1. The second kappa shape index (κ2) is 8.17. The lowest BCUT2D eigenvalue weighted by Crippen LogP contribution is -2.32. The van der Waals surface area contributed by atoms with E-state index < -0.39 is 0 Å². The van der Waals surface area contributed by atoms with Crippen LogP contribution in [0.2, 0.25) is 0 Å². The summed E-state index contributed by atoms with van der Waals surface area (Å²) in [5.41, 5.74) is 3.48. The van der Waals surface area contributed by atoms with Crippen molar-refractivity contribution in [1.29, 1.82) is 0 Å². The van der Waals surface area contributed by atoms with Crippen LogP contribution in [-0.2, 0) is 22.7 Å². The third kappa shape index (κ3) is 3.75. The first-order valence-corrected chi connectivity index (χ1v) is 9.46. The van der Waals surface area contributed by atoms with Crippen LogP contribution in [0.1, 0.15) is 24.0 Å². The van der Waals surface area contributed by atoms with Crippen LogP contribution in [0.25, 0.3) is 0 Å². The van der Waals surface area contributed by atoms with E-state index in [1.807, 2.05) is 36.4 Å². The molecule has 0 aliphatic heterocycles. The van der Waals surface area contributed by atoms with Gasteiger partial charge in [0, 0.05) is 5.92 Å². The monoisotopic (exact) mass is 350 g/mol. The third-order valence-electron chi connectivity index (χ3n) is 5.65. The molecule has 4 rings (SSSR count). The average molecular weight is 350 g/mol. The van der Waals surface area contributed by atoms with Crippen LogP contribution >= 0.6 is 0 Å². The smallest absolute Gasteiger partial charge is 0.0910 e. The van der Waals surface area contributed by atoms with Gasteiger partial charge in [0.15, 0.2) is 0 Å². The summed E-state index contributed by atoms with van der Waals surface area (Å²) in [7, 11) is 0. The van der Waals surface area contributed by atoms with Crippen molar-refractivity contribution in [3.8, 4) is 0 Å². The van der Waals surface area contributed by atoms with Crippen LogP contribution in [-0.4, -0.2) is 23.9 Å². The van der Waals surface area contributed by atoms with Crippen molar-refractivity contribution < 1.29 is 14.6 Å². The minimum absolute atomic E-state index is 0.00446. The Balaban J connectivity index is 1.46. The Hall–Kier alpha value is -1.94. The minimum Gasteiger partial charge on any atom is -0.392 e. The molecule has 1 N–H and O–H groups in total. The summed E-state index contributed by atoms with van der Waals surface area (Å²) in [5, 5.41) is 9.75. The number of benzene rings is 2. The molecule has 0 spiro atoms. The Bertz CT molecular complexity index is 726. The zero-order valence-corrected chi connectivity index (χ0v) is 15.0. The van der Waals surface area contributed by atoms with E-state index in [4.69, 9.17) is 9.47 Å². The molecular formula is C23H26O3. The summed E-state index contributed by atoms with van der Waals surface area (Å²) in [4.78, 5) is 0. The molecule has 2 aromatic rings. The summed E-state index contributed by atoms with van der Waals surface area (Å²) >= 11 is 0. The van der Waals surface area contributed by atoms with E-state index in [1.165, 1.54) is 11.1 Å². The van der Waals surface area contributed by atoms with E-state index in [1.54, 1.807) is 0 Å². The van der Waals surface area contributed by atoms with E-state index in [2.05, 4.69) is 30.3 Å². The molecule has 2 aliphatic rings. The molecule has 3 heteroatoms. The Labute approximate surface area is 155 Å². The van der Waals surface area contributed by atoms with E-state index in [0.29, 0.717) is 19.1 Å². The number of hydrogen-bond acceptors (Lipinski definition) is 3. The van der Waals surface area contributed by atoms with Crippen molar-refractivity contribution in [3.63, 3.8) is 0 Å². The second-order valence-corrected chi connectivity index (χ2v) is 7.29. The number of aliphatic hydroxyl groups excluding tert-OH is 1. The first-order valence-electron chi connectivity index (χ1n) is 9.46. The van der Waals surface area contributed by atoms with E-state index in [0.717, 1.165) is 18.4 Å². The number of ether oxygens (including phenoxy) is 2. The quantitative estimate of drug-likeness (QED) is 0.764. The zero-order chi connectivity index (χ0) is 17.8. The molecule has 0 unspecified atom stereocenters. The fourth-order valence-corrected chi connectivity index (χ4v) is 4.36. The molecule has 2 aromatic carbocycles. The lowest BCUT2D eigenvalue weighted by Gasteiger charge is -2.26. The highest BCUT2D eigenvalue weighted by Crippen LogP contribution is 2.47. The highest BCUT2D eigenvalue weighted by molar-refractivity contribution is 5.22. The standard InChI is InChI=1S/C23H26O3/c24-14-20-12-11-19-13-21(25-15-17-7-3-1-4-8-17)23(22(19)20)26-16-18-9-5-2-6-10-18/h1-10,12,19,21-24H,11,13-16H2/t19-,21-,22+,23-/m1/s1. The predicted octanol–water partition coefficient (Wildman–Crippen LogP) is 4.12. The van der Waals surface area contributed by atoms with Gasteiger partial charge in [-0.3, -0.25) is 0 Å². The second-order valence-electron chi connectivity index (χ2n) is 7.29. The first-order chi connectivity index (χ1) is 12.8. The lowest BCUT2D eigenvalue weighted by molar-refractivity contribution is -0.0802. The number of aliphatic hydroxyl groups is 1. The van der Waals surface area contributed by atoms with Crippen molar-refractivity contribution in [2.45, 2.75) is 38.3 Å². The molecular weight excluding hydrogens is 324 g/mol. The molecule has 0 heterocycles. The molecule has 0 radical (unpaired) electrons. The van der Waals surface area contributed by atoms with Crippen LogP contribution in [0.3, 0.4) is 0 Å². The van der Waals surface area contributed by atoms with Gasteiger partial charge in [-0.2, -0.15) is 0 Å². The van der Waals surface area contributed by atoms with Gasteiger partial charge in [-0.1, -0.05) is 66.7 Å². The zero-order valence-electron chi connectivity index (χ0n) is 15.0. The molecule has 0 saturated heterocycles. The van der Waals surface area contributed by atoms with Crippen molar-refractivity contribution in [2.75, 3.05) is 6.61 Å². The Morgan fingerprint density at radius 2 is 1.46 bits per heavy atom. The molecule has 0 aromatic heterocycles. The molecule has 0 amide bonds. The molecule has 2 aliphatic carbocycles. The van der Waals surface area contributed by atoms with Crippen LogP contribution < -0.4 is 0 Å². The van der Waals surface area contributed by atoms with Crippen LogP contribution in [0, 0.1) is 11.8 Å². The number of fused-ring (bicyclic) bond motifs is 1. The largest absolute Gasteiger partial charge is 0.392 e. The van der Waals surface area contributed by atoms with Gasteiger partial charge in [0.1, 0.15) is 0 Å². The fourth-order valence-electron chi connectivity index (χ4n) is 4.36. The normalized spacial score (nSPS) is 27.3. The maximum absolute atomic E-state index is 9.75. The Morgan fingerprint density at radius 1 is 0.846 bits per heavy atom. The average Bonchev–Trinajstić information content (AvgIpc) is 3.25. The molecule has 4 atom stereocenters. The van der Waals surface area contributed by atoms with Crippen molar-refractivity contribution in [1.82, 2.24) is 0 Å². The summed E-state index contributed by atoms with van der Waals surface area (Å²) < 4.78 is 12.6. The highest BCUT2D eigenvalue weighted by Gasteiger charge is 2.48. The van der Waals surface area contributed by atoms with Gasteiger partial charge in [0.25, 0.3) is 0 Å². The molecule has 26 heavy (non-hydrogen) atoms. The van der Waals surface area contributed by atoms with Gasteiger partial charge in [-0.15, -0.1) is 0 Å². The Morgan fingerprint density at radius 3 is 2.08 bits per heavy atom. The minimum atomic E-state index is 0.00446. The first kappa shape index (κ1) is 17.5. The van der Waals surface area contributed by atoms with E-state index in [-0.39, 0.29) is 24.7 Å². The van der Waals surface area contributed by atoms with Gasteiger partial charge in [-0.05, 0) is 35.5 Å². The lowest BCUT2D eigenvalue weighted by atomic mass is 9.93. The van der Waals surface area contributed by atoms with Crippen molar-refractivity contribution in [2.24, 2.45) is 11.8 Å². The van der Waals surface area contributed by atoms with Gasteiger partial charge in [0.05, 0.1) is 32.0 Å². The molecule has 0 bridgehead atoms. The maximum Gasteiger partial charge on any atom is 0.0910 e. The van der Waals surface area contributed by atoms with Crippen molar-refractivity contribution >= 4 is 0 Å². The summed E-state index contributed by atoms with van der Waals surface area (Å²) in [6.45, 7) is 1.31. The summed E-state index contributed by atoms with van der Waals surface area (Å²) in [5.74, 6) is 0.809. The van der Waals surface area contributed by atoms with Crippen LogP contribution in [0.5, 0.6) is 0 Å². The predicted molar refractivity (Wildman–Crippen MR) is 101 cm³/mol. The van der Waals surface area contributed by atoms with Crippen LogP contribution in [0.4, 0.5) is 0 Å². The van der Waals surface area contributed by atoms with Crippen molar-refractivity contribution in [3.05, 3.63) is 83.4 Å². The molecule has 1 saturated carbocycles. The number of rotatable bonds is 7. The van der Waals surface area contributed by atoms with Gasteiger partial charge < -0.3 is 14.6 Å². The Kier molecular flexibility index (Phi) is 5.49. The van der Waals surface area contributed by atoms with E-state index in [9.17, 15) is 5.11 Å². The topological polar surface area (TPSA) is 38.7 Å². The van der Waals surface area contributed by atoms with Gasteiger partial charge in [0.2, 0.25) is 0 Å². The number of allylic oxidation sites excluding steroid dienone is 1. The maximum atomic E-state index is 9.75. The summed E-state index contributed by atoms with van der Waals surface area (Å²) in [6.07, 6.45) is 4.30. The fraction of sp³-hybridized carbons (Fsp3) is 0.391.